The number of hydrogen-bond acceptors (Lipinski definition) is 3. The van der Waals surface area contributed by atoms with Crippen LogP contribution in [0, 0.1) is 5.41 Å². The molecule has 0 aromatic rings. The Morgan fingerprint density at radius 2 is 1.47 bits per heavy atom. The van der Waals surface area contributed by atoms with Crippen molar-refractivity contribution < 1.29 is 9.47 Å². The summed E-state index contributed by atoms with van der Waals surface area (Å²) < 4.78 is 11.2. The summed E-state index contributed by atoms with van der Waals surface area (Å²) in [4.78, 5) is 2.58. The van der Waals surface area contributed by atoms with Crippen molar-refractivity contribution in [2.45, 2.75) is 66.1 Å². The first kappa shape index (κ1) is 16.9. The van der Waals surface area contributed by atoms with E-state index in [4.69, 9.17) is 9.47 Å². The molecule has 3 nitrogen and oxygen atoms in total. The zero-order valence-electron chi connectivity index (χ0n) is 13.4. The molecule has 0 amide bonds. The van der Waals surface area contributed by atoms with E-state index in [9.17, 15) is 0 Å². The Hall–Kier alpha value is -0.120. The molecule has 1 heterocycles. The van der Waals surface area contributed by atoms with E-state index in [1.165, 1.54) is 38.8 Å². The van der Waals surface area contributed by atoms with E-state index < -0.39 is 0 Å². The van der Waals surface area contributed by atoms with E-state index in [1.807, 2.05) is 13.8 Å². The molecule has 3 heteroatoms. The Kier molecular flexibility index (Phi) is 7.96. The minimum Gasteiger partial charge on any atom is -0.353 e. The third-order valence-corrected chi connectivity index (χ3v) is 4.80. The molecule has 0 unspecified atom stereocenters. The Balaban J connectivity index is 2.28. The number of ether oxygens (including phenoxy) is 2. The van der Waals surface area contributed by atoms with Crippen LogP contribution in [0.25, 0.3) is 0 Å². The number of nitrogens with zero attached hydrogens (tertiary/aromatic N) is 1. The summed E-state index contributed by atoms with van der Waals surface area (Å²) in [6, 6.07) is 0. The fourth-order valence-corrected chi connectivity index (χ4v) is 3.08. The molecule has 0 saturated carbocycles. The second kappa shape index (κ2) is 8.93. The number of rotatable bonds is 9. The maximum absolute atomic E-state index is 5.61. The molecule has 0 atom stereocenters. The van der Waals surface area contributed by atoms with Gasteiger partial charge in [-0.25, -0.2) is 0 Å². The molecule has 1 aliphatic rings. The van der Waals surface area contributed by atoms with Crippen LogP contribution in [0.2, 0.25) is 0 Å². The van der Waals surface area contributed by atoms with Gasteiger partial charge in [0.15, 0.2) is 6.29 Å². The van der Waals surface area contributed by atoms with Crippen LogP contribution in [0.1, 0.15) is 59.8 Å². The lowest BCUT2D eigenvalue weighted by Gasteiger charge is -2.41. The van der Waals surface area contributed by atoms with Crippen molar-refractivity contribution >= 4 is 0 Å². The van der Waals surface area contributed by atoms with Gasteiger partial charge in [-0.15, -0.1) is 0 Å². The van der Waals surface area contributed by atoms with Gasteiger partial charge in [0.05, 0.1) is 0 Å². The van der Waals surface area contributed by atoms with Crippen molar-refractivity contribution in [3.8, 4) is 0 Å². The van der Waals surface area contributed by atoms with Crippen LogP contribution in [-0.2, 0) is 9.47 Å². The van der Waals surface area contributed by atoms with Gasteiger partial charge in [-0.05, 0) is 45.2 Å². The zero-order chi connectivity index (χ0) is 14.1. The summed E-state index contributed by atoms with van der Waals surface area (Å²) in [5.74, 6) is 0. The molecule has 1 saturated heterocycles. The number of hydrogen-bond donors (Lipinski definition) is 0. The summed E-state index contributed by atoms with van der Waals surface area (Å²) in [6.07, 6.45) is 6.35. The van der Waals surface area contributed by atoms with Crippen LogP contribution in [0.15, 0.2) is 0 Å². The summed E-state index contributed by atoms with van der Waals surface area (Å²) in [7, 11) is 0. The second-order valence-corrected chi connectivity index (χ2v) is 5.68. The number of piperidine rings is 1. The molecule has 0 N–H and O–H groups in total. The molecule has 114 valence electrons. The molecule has 0 aromatic heterocycles. The van der Waals surface area contributed by atoms with E-state index in [0.29, 0.717) is 5.41 Å². The molecular weight excluding hydrogens is 238 g/mol. The minimum absolute atomic E-state index is 0.0148. The minimum atomic E-state index is -0.0148. The lowest BCUT2D eigenvalue weighted by Crippen LogP contribution is -2.41. The Labute approximate surface area is 119 Å². The topological polar surface area (TPSA) is 21.7 Å². The van der Waals surface area contributed by atoms with Crippen molar-refractivity contribution in [1.29, 1.82) is 0 Å². The maximum Gasteiger partial charge on any atom is 0.158 e. The zero-order valence-corrected chi connectivity index (χ0v) is 13.4. The van der Waals surface area contributed by atoms with Crippen molar-refractivity contribution in [1.82, 2.24) is 4.90 Å². The molecule has 0 radical (unpaired) electrons. The normalized spacial score (nSPS) is 20.1. The van der Waals surface area contributed by atoms with E-state index in [2.05, 4.69) is 18.7 Å². The first-order valence-electron chi connectivity index (χ1n) is 8.15. The average molecular weight is 271 g/mol. The van der Waals surface area contributed by atoms with Gasteiger partial charge in [-0.2, -0.15) is 0 Å². The van der Waals surface area contributed by atoms with Gasteiger partial charge in [0.2, 0.25) is 0 Å². The quantitative estimate of drug-likeness (QED) is 0.597. The van der Waals surface area contributed by atoms with Gasteiger partial charge >= 0.3 is 0 Å². The Bertz CT molecular complexity index is 213. The highest BCUT2D eigenvalue weighted by Gasteiger charge is 2.31. The van der Waals surface area contributed by atoms with E-state index in [-0.39, 0.29) is 6.29 Å². The van der Waals surface area contributed by atoms with Crippen LogP contribution in [0.4, 0.5) is 0 Å². The summed E-state index contributed by atoms with van der Waals surface area (Å²) >= 11 is 0. The molecule has 0 bridgehead atoms. The van der Waals surface area contributed by atoms with Gasteiger partial charge < -0.3 is 14.4 Å². The summed E-state index contributed by atoms with van der Waals surface area (Å²) in [5, 5.41) is 0. The first-order chi connectivity index (χ1) is 9.19. The van der Waals surface area contributed by atoms with Crippen molar-refractivity contribution in [3.05, 3.63) is 0 Å². The summed E-state index contributed by atoms with van der Waals surface area (Å²) in [5.41, 5.74) is 0.621. The molecule has 0 aliphatic carbocycles. The molecule has 1 rings (SSSR count). The van der Waals surface area contributed by atoms with Crippen LogP contribution >= 0.6 is 0 Å². The lowest BCUT2D eigenvalue weighted by atomic mass is 9.74. The van der Waals surface area contributed by atoms with Crippen LogP contribution < -0.4 is 0 Å². The van der Waals surface area contributed by atoms with Crippen LogP contribution in [0.3, 0.4) is 0 Å². The second-order valence-electron chi connectivity index (χ2n) is 5.68. The lowest BCUT2D eigenvalue weighted by molar-refractivity contribution is -0.142. The fourth-order valence-electron chi connectivity index (χ4n) is 3.08. The van der Waals surface area contributed by atoms with E-state index in [0.717, 1.165) is 26.2 Å². The standard InChI is InChI=1S/C16H33NO2/c1-5-16(6-2)10-13-17(14-11-16)12-9-15(18-7-3)19-8-4/h15H,5-14H2,1-4H3. The monoisotopic (exact) mass is 271 g/mol. The largest absolute Gasteiger partial charge is 0.353 e. The third kappa shape index (κ3) is 5.41. The number of likely N-dealkylation sites (tertiary alicyclic amines) is 1. The van der Waals surface area contributed by atoms with Gasteiger partial charge in [-0.3, -0.25) is 0 Å². The van der Waals surface area contributed by atoms with Gasteiger partial charge in [-0.1, -0.05) is 26.7 Å². The molecular formula is C16H33NO2. The highest BCUT2D eigenvalue weighted by molar-refractivity contribution is 4.83. The molecule has 0 aromatic carbocycles. The fraction of sp³-hybridized carbons (Fsp3) is 1.00. The first-order valence-corrected chi connectivity index (χ1v) is 8.15. The maximum atomic E-state index is 5.61. The smallest absolute Gasteiger partial charge is 0.158 e. The van der Waals surface area contributed by atoms with Gasteiger partial charge in [0.25, 0.3) is 0 Å². The predicted molar refractivity (Wildman–Crippen MR) is 80.3 cm³/mol. The Morgan fingerprint density at radius 3 is 1.89 bits per heavy atom. The van der Waals surface area contributed by atoms with Crippen molar-refractivity contribution in [3.63, 3.8) is 0 Å². The van der Waals surface area contributed by atoms with Gasteiger partial charge in [0, 0.05) is 26.2 Å². The highest BCUT2D eigenvalue weighted by atomic mass is 16.7. The molecule has 1 aliphatic heterocycles. The average Bonchev–Trinajstić information content (AvgIpc) is 2.46. The van der Waals surface area contributed by atoms with Crippen molar-refractivity contribution in [2.24, 2.45) is 5.41 Å². The Morgan fingerprint density at radius 1 is 0.947 bits per heavy atom. The SMILES string of the molecule is CCOC(CCN1CCC(CC)(CC)CC1)OCC. The van der Waals surface area contributed by atoms with Crippen LogP contribution in [-0.4, -0.2) is 44.0 Å². The van der Waals surface area contributed by atoms with Crippen molar-refractivity contribution in [2.75, 3.05) is 32.8 Å². The molecule has 0 spiro atoms. The van der Waals surface area contributed by atoms with E-state index >= 15 is 0 Å². The van der Waals surface area contributed by atoms with E-state index in [1.54, 1.807) is 0 Å². The molecule has 19 heavy (non-hydrogen) atoms. The molecule has 1 fully saturated rings. The van der Waals surface area contributed by atoms with Gasteiger partial charge in [0.1, 0.15) is 0 Å². The predicted octanol–water partition coefficient (Wildman–Crippen LogP) is 3.68. The summed E-state index contributed by atoms with van der Waals surface area (Å²) in [6.45, 7) is 13.8. The highest BCUT2D eigenvalue weighted by Crippen LogP contribution is 2.37. The third-order valence-electron chi connectivity index (χ3n) is 4.80. The van der Waals surface area contributed by atoms with Crippen LogP contribution in [0.5, 0.6) is 0 Å².